The fourth-order valence-electron chi connectivity index (χ4n) is 3.39. The third kappa shape index (κ3) is 5.11. The Kier molecular flexibility index (Phi) is 5.59. The van der Waals surface area contributed by atoms with E-state index in [0.717, 1.165) is 12.1 Å². The molecule has 1 aromatic rings. The average Bonchev–Trinajstić information content (AvgIpc) is 2.48. The van der Waals surface area contributed by atoms with Crippen LogP contribution in [0.4, 0.5) is 18.9 Å². The Balaban J connectivity index is 2.26. The maximum atomic E-state index is 13.1. The predicted octanol–water partition coefficient (Wildman–Crippen LogP) is 4.07. The van der Waals surface area contributed by atoms with Crippen molar-refractivity contribution in [3.63, 3.8) is 0 Å². The first-order chi connectivity index (χ1) is 11.8. The number of rotatable bonds is 4. The Hall–Kier alpha value is -1.79. The molecule has 0 spiro atoms. The quantitative estimate of drug-likeness (QED) is 0.757. The molecule has 2 rings (SSSR count). The fourth-order valence-corrected chi connectivity index (χ4v) is 4.29. The molecule has 144 valence electrons. The molecule has 1 saturated carbocycles. The van der Waals surface area contributed by atoms with E-state index in [1.54, 1.807) is 0 Å². The van der Waals surface area contributed by atoms with E-state index >= 15 is 0 Å². The van der Waals surface area contributed by atoms with E-state index in [0.29, 0.717) is 19.3 Å². The van der Waals surface area contributed by atoms with Crippen molar-refractivity contribution in [2.45, 2.75) is 45.3 Å². The molecular formula is C17H21F3N2O3S. The Morgan fingerprint density at radius 3 is 2.58 bits per heavy atom. The number of hydrogen-bond acceptors (Lipinski definition) is 4. The molecule has 1 aliphatic rings. The van der Waals surface area contributed by atoms with Crippen molar-refractivity contribution in [2.24, 2.45) is 11.3 Å². The first-order valence-electron chi connectivity index (χ1n) is 8.15. The number of halogens is 3. The third-order valence-corrected chi connectivity index (χ3v) is 5.83. The summed E-state index contributed by atoms with van der Waals surface area (Å²) in [5.41, 5.74) is -1.49. The van der Waals surface area contributed by atoms with Crippen molar-refractivity contribution in [3.8, 4) is 6.07 Å². The van der Waals surface area contributed by atoms with Gasteiger partial charge in [0, 0.05) is 11.7 Å². The summed E-state index contributed by atoms with van der Waals surface area (Å²) in [4.78, 5) is 0. The molecule has 0 heterocycles. The fraction of sp³-hybridized carbons (Fsp3) is 0.588. The SMILES string of the molecule is CC1(C)CCC(CS(=O)(=O)O)CC1Nc1ccc(C#N)c(C(F)(F)F)c1. The van der Waals surface area contributed by atoms with Crippen LogP contribution in [0.5, 0.6) is 0 Å². The summed E-state index contributed by atoms with van der Waals surface area (Å²) in [6.45, 7) is 3.92. The van der Waals surface area contributed by atoms with E-state index < -0.39 is 27.4 Å². The maximum Gasteiger partial charge on any atom is 0.417 e. The van der Waals surface area contributed by atoms with Gasteiger partial charge < -0.3 is 5.32 Å². The molecule has 9 heteroatoms. The minimum Gasteiger partial charge on any atom is -0.382 e. The Labute approximate surface area is 151 Å². The van der Waals surface area contributed by atoms with Crippen LogP contribution < -0.4 is 5.32 Å². The third-order valence-electron chi connectivity index (χ3n) is 4.94. The first kappa shape index (κ1) is 20.5. The predicted molar refractivity (Wildman–Crippen MR) is 91.1 cm³/mol. The molecular weight excluding hydrogens is 369 g/mol. The summed E-state index contributed by atoms with van der Waals surface area (Å²) in [5.74, 6) is -0.626. The summed E-state index contributed by atoms with van der Waals surface area (Å²) < 4.78 is 70.7. The van der Waals surface area contributed by atoms with Crippen molar-refractivity contribution in [3.05, 3.63) is 29.3 Å². The van der Waals surface area contributed by atoms with Gasteiger partial charge in [0.25, 0.3) is 10.1 Å². The van der Waals surface area contributed by atoms with Crippen molar-refractivity contribution in [1.82, 2.24) is 0 Å². The second kappa shape index (κ2) is 7.08. The number of hydrogen-bond donors (Lipinski definition) is 2. The van der Waals surface area contributed by atoms with Gasteiger partial charge >= 0.3 is 6.18 Å². The smallest absolute Gasteiger partial charge is 0.382 e. The number of nitriles is 1. The molecule has 0 saturated heterocycles. The molecule has 0 aromatic heterocycles. The Morgan fingerprint density at radius 2 is 2.04 bits per heavy atom. The van der Waals surface area contributed by atoms with E-state index in [9.17, 15) is 21.6 Å². The number of nitrogens with zero attached hydrogens (tertiary/aromatic N) is 1. The minimum atomic E-state index is -4.64. The van der Waals surface area contributed by atoms with Crippen LogP contribution in [0.1, 0.15) is 44.2 Å². The van der Waals surface area contributed by atoms with Gasteiger partial charge in [0.15, 0.2) is 0 Å². The van der Waals surface area contributed by atoms with Crippen LogP contribution in [0.2, 0.25) is 0 Å². The zero-order chi connectivity index (χ0) is 19.8. The summed E-state index contributed by atoms with van der Waals surface area (Å²) in [5, 5.41) is 11.9. The molecule has 5 nitrogen and oxygen atoms in total. The van der Waals surface area contributed by atoms with Crippen molar-refractivity contribution >= 4 is 15.8 Å². The first-order valence-corrected chi connectivity index (χ1v) is 9.76. The highest BCUT2D eigenvalue weighted by atomic mass is 32.2. The van der Waals surface area contributed by atoms with Crippen LogP contribution >= 0.6 is 0 Å². The molecule has 26 heavy (non-hydrogen) atoms. The van der Waals surface area contributed by atoms with E-state index in [1.165, 1.54) is 12.1 Å². The van der Waals surface area contributed by atoms with Gasteiger partial charge in [0.05, 0.1) is 22.9 Å². The number of alkyl halides is 3. The lowest BCUT2D eigenvalue weighted by atomic mass is 9.69. The van der Waals surface area contributed by atoms with Gasteiger partial charge in [-0.15, -0.1) is 0 Å². The van der Waals surface area contributed by atoms with Crippen molar-refractivity contribution < 1.29 is 26.1 Å². The van der Waals surface area contributed by atoms with Gasteiger partial charge in [0.2, 0.25) is 0 Å². The van der Waals surface area contributed by atoms with Crippen LogP contribution in [0, 0.1) is 22.7 Å². The van der Waals surface area contributed by atoms with Gasteiger partial charge in [-0.1, -0.05) is 13.8 Å². The summed E-state index contributed by atoms with van der Waals surface area (Å²) in [7, 11) is -4.10. The number of anilines is 1. The highest BCUT2D eigenvalue weighted by molar-refractivity contribution is 7.85. The van der Waals surface area contributed by atoms with Gasteiger partial charge in [0.1, 0.15) is 0 Å². The lowest BCUT2D eigenvalue weighted by Gasteiger charge is -2.43. The normalized spacial score (nSPS) is 23.3. The van der Waals surface area contributed by atoms with Gasteiger partial charge in [-0.2, -0.15) is 26.9 Å². The minimum absolute atomic E-state index is 0.224. The Morgan fingerprint density at radius 1 is 1.38 bits per heavy atom. The number of benzene rings is 1. The summed E-state index contributed by atoms with van der Waals surface area (Å²) >= 11 is 0. The molecule has 1 aromatic carbocycles. The van der Waals surface area contributed by atoms with E-state index in [1.807, 2.05) is 13.8 Å². The zero-order valence-electron chi connectivity index (χ0n) is 14.5. The molecule has 0 amide bonds. The molecule has 1 aliphatic carbocycles. The van der Waals surface area contributed by atoms with E-state index in [2.05, 4.69) is 5.32 Å². The van der Waals surface area contributed by atoms with E-state index in [4.69, 9.17) is 9.81 Å². The van der Waals surface area contributed by atoms with Crippen molar-refractivity contribution in [2.75, 3.05) is 11.1 Å². The maximum absolute atomic E-state index is 13.1. The topological polar surface area (TPSA) is 90.2 Å². The summed E-state index contributed by atoms with van der Waals surface area (Å²) in [6, 6.07) is 4.71. The van der Waals surface area contributed by atoms with Crippen LogP contribution in [-0.2, 0) is 16.3 Å². The van der Waals surface area contributed by atoms with Gasteiger partial charge in [-0.3, -0.25) is 4.55 Å². The molecule has 0 radical (unpaired) electrons. The zero-order valence-corrected chi connectivity index (χ0v) is 15.3. The molecule has 0 aliphatic heterocycles. The highest BCUT2D eigenvalue weighted by Gasteiger charge is 2.38. The molecule has 2 atom stereocenters. The van der Waals surface area contributed by atoms with Gasteiger partial charge in [-0.25, -0.2) is 0 Å². The number of nitrogens with one attached hydrogen (secondary N) is 1. The second-order valence-corrected chi connectivity index (χ2v) is 8.94. The standard InChI is InChI=1S/C17H21F3N2O3S/c1-16(2)6-5-11(10-26(23,24)25)7-15(16)22-13-4-3-12(9-21)14(8-13)17(18,19)20/h3-4,8,11,15,22H,5-7,10H2,1-2H3,(H,23,24,25). The molecule has 0 bridgehead atoms. The lowest BCUT2D eigenvalue weighted by molar-refractivity contribution is -0.137. The van der Waals surface area contributed by atoms with Crippen LogP contribution in [-0.4, -0.2) is 24.8 Å². The molecule has 2 N–H and O–H groups in total. The monoisotopic (exact) mass is 390 g/mol. The average molecular weight is 390 g/mol. The van der Waals surface area contributed by atoms with Crippen LogP contribution in [0.25, 0.3) is 0 Å². The van der Waals surface area contributed by atoms with E-state index in [-0.39, 0.29) is 28.8 Å². The van der Waals surface area contributed by atoms with Gasteiger partial charge in [-0.05, 0) is 48.8 Å². The largest absolute Gasteiger partial charge is 0.417 e. The highest BCUT2D eigenvalue weighted by Crippen LogP contribution is 2.41. The lowest BCUT2D eigenvalue weighted by Crippen LogP contribution is -2.43. The summed E-state index contributed by atoms with van der Waals surface area (Å²) in [6.07, 6.45) is -2.94. The molecule has 2 unspecified atom stereocenters. The van der Waals surface area contributed by atoms with Crippen molar-refractivity contribution in [1.29, 1.82) is 5.26 Å². The second-order valence-electron chi connectivity index (χ2n) is 7.44. The molecule has 1 fully saturated rings. The van der Waals surface area contributed by atoms with Crippen LogP contribution in [0.3, 0.4) is 0 Å². The Bertz CT molecular complexity index is 814. The van der Waals surface area contributed by atoms with Crippen LogP contribution in [0.15, 0.2) is 18.2 Å².